The van der Waals surface area contributed by atoms with Crippen molar-refractivity contribution in [3.63, 3.8) is 0 Å². The molecule has 0 amide bonds. The maximum atomic E-state index is 13.2. The van der Waals surface area contributed by atoms with Crippen molar-refractivity contribution in [2.45, 2.75) is 46.7 Å². The average Bonchev–Trinajstić information content (AvgIpc) is 2.79. The molecule has 1 heterocycles. The van der Waals surface area contributed by atoms with Crippen molar-refractivity contribution < 1.29 is 4.39 Å². The first kappa shape index (κ1) is 15.1. The van der Waals surface area contributed by atoms with Crippen molar-refractivity contribution in [1.29, 1.82) is 0 Å². The van der Waals surface area contributed by atoms with Crippen LogP contribution in [0.3, 0.4) is 0 Å². The third kappa shape index (κ3) is 3.44. The Morgan fingerprint density at radius 2 is 2.10 bits per heavy atom. The van der Waals surface area contributed by atoms with Crippen molar-refractivity contribution in [1.82, 2.24) is 10.3 Å². The predicted octanol–water partition coefficient (Wildman–Crippen LogP) is 4.32. The molecular weight excluding hydrogens is 271 g/mol. The van der Waals surface area contributed by atoms with E-state index in [1.165, 1.54) is 10.9 Å². The molecule has 0 aliphatic carbocycles. The molecule has 20 heavy (non-hydrogen) atoms. The molecule has 0 spiro atoms. The molecule has 0 atom stereocenters. The van der Waals surface area contributed by atoms with E-state index < -0.39 is 0 Å². The van der Waals surface area contributed by atoms with Crippen molar-refractivity contribution in [3.05, 3.63) is 40.2 Å². The van der Waals surface area contributed by atoms with E-state index in [1.54, 1.807) is 17.4 Å². The maximum absolute atomic E-state index is 13.2. The number of aromatic nitrogens is 1. The number of rotatable bonds is 5. The molecular formula is C16H21FN2S. The van der Waals surface area contributed by atoms with E-state index in [0.29, 0.717) is 6.04 Å². The minimum Gasteiger partial charge on any atom is -0.310 e. The van der Waals surface area contributed by atoms with Crippen LogP contribution in [-0.4, -0.2) is 11.0 Å². The first-order valence-electron chi connectivity index (χ1n) is 6.99. The zero-order valence-electron chi connectivity index (χ0n) is 12.5. The predicted molar refractivity (Wildman–Crippen MR) is 83.6 cm³/mol. The van der Waals surface area contributed by atoms with Gasteiger partial charge in [0.25, 0.3) is 0 Å². The zero-order chi connectivity index (χ0) is 14.7. The molecule has 0 saturated heterocycles. The first-order valence-corrected chi connectivity index (χ1v) is 7.81. The third-order valence-corrected chi connectivity index (χ3v) is 4.33. The Labute approximate surface area is 124 Å². The number of aryl methyl sites for hydroxylation is 2. The fraction of sp³-hybridized carbons (Fsp3) is 0.438. The SMILES string of the molecule is CCc1nc(-c2ccc(F)cc2C)sc1CNC(C)C. The minimum atomic E-state index is -0.194. The Balaban J connectivity index is 2.33. The van der Waals surface area contributed by atoms with E-state index in [0.717, 1.165) is 34.8 Å². The van der Waals surface area contributed by atoms with Crippen LogP contribution in [0.5, 0.6) is 0 Å². The highest BCUT2D eigenvalue weighted by molar-refractivity contribution is 7.15. The van der Waals surface area contributed by atoms with Crippen molar-refractivity contribution in [2.24, 2.45) is 0 Å². The van der Waals surface area contributed by atoms with Gasteiger partial charge in [0.05, 0.1) is 5.69 Å². The van der Waals surface area contributed by atoms with Crippen LogP contribution in [-0.2, 0) is 13.0 Å². The smallest absolute Gasteiger partial charge is 0.124 e. The van der Waals surface area contributed by atoms with Crippen LogP contribution < -0.4 is 5.32 Å². The normalized spacial score (nSPS) is 11.3. The van der Waals surface area contributed by atoms with E-state index in [2.05, 4.69) is 26.1 Å². The lowest BCUT2D eigenvalue weighted by Crippen LogP contribution is -2.21. The standard InChI is InChI=1S/C16H21FN2S/c1-5-14-15(9-18-10(2)3)20-16(19-14)13-7-6-12(17)8-11(13)4/h6-8,10,18H,5,9H2,1-4H3. The largest absolute Gasteiger partial charge is 0.310 e. The number of thiazole rings is 1. The van der Waals surface area contributed by atoms with Crippen LogP contribution >= 0.6 is 11.3 Å². The number of nitrogens with one attached hydrogen (secondary N) is 1. The summed E-state index contributed by atoms with van der Waals surface area (Å²) in [5.74, 6) is -0.194. The molecule has 0 bridgehead atoms. The summed E-state index contributed by atoms with van der Waals surface area (Å²) in [5, 5.41) is 4.42. The molecule has 0 unspecified atom stereocenters. The molecule has 1 N–H and O–H groups in total. The first-order chi connectivity index (χ1) is 9.51. The van der Waals surface area contributed by atoms with Gasteiger partial charge < -0.3 is 5.32 Å². The number of hydrogen-bond donors (Lipinski definition) is 1. The maximum Gasteiger partial charge on any atom is 0.124 e. The van der Waals surface area contributed by atoms with Gasteiger partial charge in [0.1, 0.15) is 10.8 Å². The van der Waals surface area contributed by atoms with Crippen LogP contribution in [0.4, 0.5) is 4.39 Å². The molecule has 2 aromatic rings. The van der Waals surface area contributed by atoms with E-state index in [1.807, 2.05) is 13.0 Å². The van der Waals surface area contributed by atoms with Gasteiger partial charge in [0, 0.05) is 23.0 Å². The van der Waals surface area contributed by atoms with E-state index in [4.69, 9.17) is 4.98 Å². The quantitative estimate of drug-likeness (QED) is 0.888. The Bertz CT molecular complexity index is 590. The van der Waals surface area contributed by atoms with Gasteiger partial charge in [-0.05, 0) is 37.1 Å². The highest BCUT2D eigenvalue weighted by Gasteiger charge is 2.13. The lowest BCUT2D eigenvalue weighted by Gasteiger charge is -2.06. The summed E-state index contributed by atoms with van der Waals surface area (Å²) < 4.78 is 13.2. The van der Waals surface area contributed by atoms with Crippen molar-refractivity contribution >= 4 is 11.3 Å². The summed E-state index contributed by atoms with van der Waals surface area (Å²) in [4.78, 5) is 6.00. The van der Waals surface area contributed by atoms with Crippen molar-refractivity contribution in [2.75, 3.05) is 0 Å². The topological polar surface area (TPSA) is 24.9 Å². The molecule has 0 aliphatic rings. The van der Waals surface area contributed by atoms with Gasteiger partial charge in [0.15, 0.2) is 0 Å². The molecule has 4 heteroatoms. The minimum absolute atomic E-state index is 0.194. The van der Waals surface area contributed by atoms with Crippen molar-refractivity contribution in [3.8, 4) is 10.6 Å². The van der Waals surface area contributed by atoms with Crippen LogP contribution in [0.1, 0.15) is 36.9 Å². The van der Waals surface area contributed by atoms with Gasteiger partial charge >= 0.3 is 0 Å². The second kappa shape index (κ2) is 6.46. The number of nitrogens with zero attached hydrogens (tertiary/aromatic N) is 1. The van der Waals surface area contributed by atoms with Crippen LogP contribution in [0.25, 0.3) is 10.6 Å². The van der Waals surface area contributed by atoms with Gasteiger partial charge in [-0.1, -0.05) is 20.8 Å². The second-order valence-electron chi connectivity index (χ2n) is 5.24. The summed E-state index contributed by atoms with van der Waals surface area (Å²) in [5.41, 5.74) is 3.11. The Morgan fingerprint density at radius 1 is 1.35 bits per heavy atom. The molecule has 1 aromatic heterocycles. The van der Waals surface area contributed by atoms with Gasteiger partial charge in [0.2, 0.25) is 0 Å². The molecule has 0 radical (unpaired) electrons. The Hall–Kier alpha value is -1.26. The average molecular weight is 292 g/mol. The summed E-state index contributed by atoms with van der Waals surface area (Å²) in [6.45, 7) is 9.17. The van der Waals surface area contributed by atoms with E-state index in [9.17, 15) is 4.39 Å². The number of hydrogen-bond acceptors (Lipinski definition) is 3. The third-order valence-electron chi connectivity index (χ3n) is 3.20. The van der Waals surface area contributed by atoms with Gasteiger partial charge in [-0.25, -0.2) is 9.37 Å². The fourth-order valence-corrected chi connectivity index (χ4v) is 3.27. The molecule has 2 rings (SSSR count). The Morgan fingerprint density at radius 3 is 2.70 bits per heavy atom. The lowest BCUT2D eigenvalue weighted by atomic mass is 10.1. The van der Waals surface area contributed by atoms with Gasteiger partial charge in [-0.3, -0.25) is 0 Å². The van der Waals surface area contributed by atoms with Crippen LogP contribution in [0.2, 0.25) is 0 Å². The fourth-order valence-electron chi connectivity index (χ4n) is 2.08. The molecule has 0 fully saturated rings. The molecule has 2 nitrogen and oxygen atoms in total. The molecule has 0 aliphatic heterocycles. The van der Waals surface area contributed by atoms with Crippen LogP contribution in [0, 0.1) is 12.7 Å². The van der Waals surface area contributed by atoms with Gasteiger partial charge in [-0.15, -0.1) is 11.3 Å². The summed E-state index contributed by atoms with van der Waals surface area (Å²) in [6, 6.07) is 5.34. The monoisotopic (exact) mass is 292 g/mol. The van der Waals surface area contributed by atoms with Crippen LogP contribution in [0.15, 0.2) is 18.2 Å². The highest BCUT2D eigenvalue weighted by atomic mass is 32.1. The number of halogens is 1. The molecule has 1 aromatic carbocycles. The number of benzene rings is 1. The molecule has 108 valence electrons. The summed E-state index contributed by atoms with van der Waals surface area (Å²) in [7, 11) is 0. The summed E-state index contributed by atoms with van der Waals surface area (Å²) in [6.07, 6.45) is 0.922. The summed E-state index contributed by atoms with van der Waals surface area (Å²) >= 11 is 1.70. The molecule has 0 saturated carbocycles. The lowest BCUT2D eigenvalue weighted by molar-refractivity contribution is 0.590. The van der Waals surface area contributed by atoms with Gasteiger partial charge in [-0.2, -0.15) is 0 Å². The highest BCUT2D eigenvalue weighted by Crippen LogP contribution is 2.31. The Kier molecular flexibility index (Phi) is 4.89. The van der Waals surface area contributed by atoms with E-state index >= 15 is 0 Å². The van der Waals surface area contributed by atoms with E-state index in [-0.39, 0.29) is 5.82 Å². The zero-order valence-corrected chi connectivity index (χ0v) is 13.3. The second-order valence-corrected chi connectivity index (χ2v) is 6.32.